The topological polar surface area (TPSA) is 103 Å². The monoisotopic (exact) mass is 487 g/mol. The Bertz CT molecular complexity index is 1420. The molecule has 1 aliphatic heterocycles. The fraction of sp³-hybridized carbons (Fsp3) is 0.308. The first kappa shape index (κ1) is 23.5. The van der Waals surface area contributed by atoms with Gasteiger partial charge in [-0.3, -0.25) is 9.69 Å². The number of hydrogen-bond acceptors (Lipinski definition) is 6. The average Bonchev–Trinajstić information content (AvgIpc) is 3.58. The van der Waals surface area contributed by atoms with Crippen molar-refractivity contribution in [3.63, 3.8) is 0 Å². The van der Waals surface area contributed by atoms with Crippen LogP contribution in [0.1, 0.15) is 22.8 Å². The number of nitrogens with one attached hydrogen (secondary N) is 1. The molecular formula is C26H26FN7O2. The van der Waals surface area contributed by atoms with E-state index in [9.17, 15) is 14.4 Å². The molecule has 9 nitrogen and oxygen atoms in total. The predicted octanol–water partition coefficient (Wildman–Crippen LogP) is 3.49. The first-order valence-corrected chi connectivity index (χ1v) is 11.8. The fourth-order valence-electron chi connectivity index (χ4n) is 4.67. The van der Waals surface area contributed by atoms with Gasteiger partial charge in [-0.05, 0) is 30.3 Å². The second-order valence-corrected chi connectivity index (χ2v) is 8.77. The molecule has 1 saturated heterocycles. The van der Waals surface area contributed by atoms with Crippen LogP contribution in [0.4, 0.5) is 4.39 Å². The molecule has 3 aromatic heterocycles. The molecule has 10 heteroatoms. The van der Waals surface area contributed by atoms with Crippen LogP contribution < -0.4 is 4.74 Å². The Hall–Kier alpha value is -4.23. The fourth-order valence-corrected chi connectivity index (χ4v) is 4.67. The average molecular weight is 488 g/mol. The van der Waals surface area contributed by atoms with Crippen molar-refractivity contribution in [1.29, 1.82) is 5.26 Å². The lowest BCUT2D eigenvalue weighted by Crippen LogP contribution is -2.49. The van der Waals surface area contributed by atoms with Crippen LogP contribution in [0.3, 0.4) is 0 Å². The number of halogens is 1. The van der Waals surface area contributed by atoms with Crippen molar-refractivity contribution in [3.05, 3.63) is 66.6 Å². The van der Waals surface area contributed by atoms with E-state index in [1.165, 1.54) is 19.2 Å². The van der Waals surface area contributed by atoms with Crippen molar-refractivity contribution in [1.82, 2.24) is 29.3 Å². The SMILES string of the molecule is COc1ccc(C(=O)N2CCN(CC(CC#N)n3ccc(-c4ncnc5[nH]ccc45)c3)CC2)cc1F. The van der Waals surface area contributed by atoms with Gasteiger partial charge in [0.25, 0.3) is 5.91 Å². The normalized spacial score (nSPS) is 15.1. The Kier molecular flexibility index (Phi) is 6.64. The number of aromatic amines is 1. The van der Waals surface area contributed by atoms with E-state index in [2.05, 4.69) is 30.5 Å². The van der Waals surface area contributed by atoms with Crippen LogP contribution in [0.15, 0.2) is 55.2 Å². The maximum Gasteiger partial charge on any atom is 0.254 e. The smallest absolute Gasteiger partial charge is 0.254 e. The minimum atomic E-state index is -0.549. The molecule has 1 aliphatic rings. The molecule has 1 N–H and O–H groups in total. The zero-order valence-corrected chi connectivity index (χ0v) is 19.9. The molecule has 1 fully saturated rings. The van der Waals surface area contributed by atoms with Crippen LogP contribution in [-0.4, -0.2) is 75.1 Å². The lowest BCUT2D eigenvalue weighted by Gasteiger charge is -2.36. The summed E-state index contributed by atoms with van der Waals surface area (Å²) in [6.45, 7) is 3.11. The Labute approximate surface area is 207 Å². The third-order valence-corrected chi connectivity index (χ3v) is 6.62. The Balaban J connectivity index is 1.24. The number of ether oxygens (including phenoxy) is 1. The summed E-state index contributed by atoms with van der Waals surface area (Å²) in [6, 6.07) is 10.5. The van der Waals surface area contributed by atoms with E-state index >= 15 is 0 Å². The van der Waals surface area contributed by atoms with E-state index in [0.29, 0.717) is 44.7 Å². The van der Waals surface area contributed by atoms with Gasteiger partial charge >= 0.3 is 0 Å². The number of fused-ring (bicyclic) bond motifs is 1. The maximum absolute atomic E-state index is 14.0. The molecular weight excluding hydrogens is 461 g/mol. The van der Waals surface area contributed by atoms with Crippen molar-refractivity contribution >= 4 is 16.9 Å². The zero-order valence-electron chi connectivity index (χ0n) is 19.9. The van der Waals surface area contributed by atoms with Gasteiger partial charge in [-0.15, -0.1) is 0 Å². The first-order valence-electron chi connectivity index (χ1n) is 11.8. The summed E-state index contributed by atoms with van der Waals surface area (Å²) < 4.78 is 21.0. The van der Waals surface area contributed by atoms with Crippen LogP contribution in [0, 0.1) is 17.1 Å². The summed E-state index contributed by atoms with van der Waals surface area (Å²) in [4.78, 5) is 28.7. The van der Waals surface area contributed by atoms with E-state index < -0.39 is 5.82 Å². The molecule has 1 amide bonds. The molecule has 0 bridgehead atoms. The molecule has 1 aromatic carbocycles. The number of nitriles is 1. The molecule has 184 valence electrons. The molecule has 1 atom stereocenters. The summed E-state index contributed by atoms with van der Waals surface area (Å²) in [7, 11) is 1.39. The number of carbonyl (C=O) groups excluding carboxylic acids is 1. The highest BCUT2D eigenvalue weighted by Crippen LogP contribution is 2.27. The standard InChI is InChI=1S/C26H26FN7O2/c1-36-23-3-2-18(14-22(23)27)26(35)33-12-10-32(11-13-33)16-20(4-7-28)34-9-6-19(15-34)24-21-5-8-29-25(21)31-17-30-24/h2-3,5-6,8-9,14-15,17,20H,4,10-13,16H2,1H3,(H,29,30,31). The van der Waals surface area contributed by atoms with Gasteiger partial charge in [0, 0.05) is 67.8 Å². The van der Waals surface area contributed by atoms with Crippen LogP contribution >= 0.6 is 0 Å². The summed E-state index contributed by atoms with van der Waals surface area (Å²) in [5.41, 5.74) is 2.90. The second kappa shape index (κ2) is 10.2. The van der Waals surface area contributed by atoms with Gasteiger partial charge in [0.2, 0.25) is 0 Å². The van der Waals surface area contributed by atoms with Crippen LogP contribution in [-0.2, 0) is 0 Å². The van der Waals surface area contributed by atoms with Gasteiger partial charge in [-0.2, -0.15) is 5.26 Å². The minimum Gasteiger partial charge on any atom is -0.494 e. The van der Waals surface area contributed by atoms with Crippen LogP contribution in [0.5, 0.6) is 5.75 Å². The van der Waals surface area contributed by atoms with E-state index in [1.807, 2.05) is 30.7 Å². The predicted molar refractivity (Wildman–Crippen MR) is 132 cm³/mol. The van der Waals surface area contributed by atoms with Crippen LogP contribution in [0.25, 0.3) is 22.3 Å². The third kappa shape index (κ3) is 4.65. The van der Waals surface area contributed by atoms with Gasteiger partial charge in [0.15, 0.2) is 11.6 Å². The second-order valence-electron chi connectivity index (χ2n) is 8.77. The van der Waals surface area contributed by atoms with Crippen molar-refractivity contribution in [3.8, 4) is 23.1 Å². The van der Waals surface area contributed by atoms with Crippen LogP contribution in [0.2, 0.25) is 0 Å². The molecule has 36 heavy (non-hydrogen) atoms. The summed E-state index contributed by atoms with van der Waals surface area (Å²) in [5.74, 6) is -0.627. The molecule has 0 radical (unpaired) electrons. The number of nitrogens with zero attached hydrogens (tertiary/aromatic N) is 6. The van der Waals surface area contributed by atoms with Crippen molar-refractivity contribution in [2.45, 2.75) is 12.5 Å². The number of rotatable bonds is 7. The van der Waals surface area contributed by atoms with E-state index in [4.69, 9.17) is 4.74 Å². The number of aromatic nitrogens is 4. The quantitative estimate of drug-likeness (QED) is 0.428. The number of hydrogen-bond donors (Lipinski definition) is 1. The van der Waals surface area contributed by atoms with E-state index in [-0.39, 0.29) is 17.7 Å². The highest BCUT2D eigenvalue weighted by Gasteiger charge is 2.25. The number of H-pyrrole nitrogens is 1. The summed E-state index contributed by atoms with van der Waals surface area (Å²) in [6.07, 6.45) is 7.75. The van der Waals surface area contributed by atoms with Gasteiger partial charge in [0.1, 0.15) is 12.0 Å². The Morgan fingerprint density at radius 2 is 2.06 bits per heavy atom. The molecule has 5 rings (SSSR count). The van der Waals surface area contributed by atoms with Crippen molar-refractivity contribution in [2.75, 3.05) is 39.8 Å². The van der Waals surface area contributed by atoms with Gasteiger partial charge in [-0.25, -0.2) is 14.4 Å². The summed E-state index contributed by atoms with van der Waals surface area (Å²) >= 11 is 0. The largest absolute Gasteiger partial charge is 0.494 e. The third-order valence-electron chi connectivity index (χ3n) is 6.62. The molecule has 0 aliphatic carbocycles. The van der Waals surface area contributed by atoms with E-state index in [0.717, 1.165) is 22.3 Å². The van der Waals surface area contributed by atoms with Crippen molar-refractivity contribution in [2.24, 2.45) is 0 Å². The van der Waals surface area contributed by atoms with Gasteiger partial charge < -0.3 is 19.2 Å². The van der Waals surface area contributed by atoms with Gasteiger partial charge in [0.05, 0.1) is 31.3 Å². The van der Waals surface area contributed by atoms with Gasteiger partial charge in [-0.1, -0.05) is 0 Å². The van der Waals surface area contributed by atoms with E-state index in [1.54, 1.807) is 17.3 Å². The first-order chi connectivity index (χ1) is 17.6. The minimum absolute atomic E-state index is 0.0368. The molecule has 1 unspecified atom stereocenters. The maximum atomic E-state index is 14.0. The number of methoxy groups -OCH3 is 1. The Morgan fingerprint density at radius 3 is 2.81 bits per heavy atom. The molecule has 0 saturated carbocycles. The lowest BCUT2D eigenvalue weighted by atomic mass is 10.1. The summed E-state index contributed by atoms with van der Waals surface area (Å²) in [5, 5.41) is 10.4. The number of piperazine rings is 1. The number of carbonyl (C=O) groups is 1. The highest BCUT2D eigenvalue weighted by molar-refractivity contribution is 5.94. The highest BCUT2D eigenvalue weighted by atomic mass is 19.1. The number of amides is 1. The Morgan fingerprint density at radius 1 is 1.22 bits per heavy atom. The zero-order chi connectivity index (χ0) is 25.1. The molecule has 0 spiro atoms. The number of benzene rings is 1. The molecule has 4 heterocycles. The molecule has 4 aromatic rings. The lowest BCUT2D eigenvalue weighted by molar-refractivity contribution is 0.0619. The van der Waals surface area contributed by atoms with Crippen molar-refractivity contribution < 1.29 is 13.9 Å².